The Balaban J connectivity index is 0. The van der Waals surface area contributed by atoms with E-state index in [9.17, 15) is 16.8 Å². The van der Waals surface area contributed by atoms with E-state index in [2.05, 4.69) is 15.6 Å². The molecule has 0 heterocycles. The number of guanidine groups is 1. The SMILES string of the molecule is CCN(CCCNC(=NC)NC(C)CCS(C)(=O)=O)S(C)(=O)=O.I. The number of halogens is 1. The van der Waals surface area contributed by atoms with Crippen LogP contribution in [0.5, 0.6) is 0 Å². The fraction of sp³-hybridized carbons (Fsp3) is 0.923. The van der Waals surface area contributed by atoms with Crippen LogP contribution in [-0.2, 0) is 19.9 Å². The molecular formula is C13H31IN4O4S2. The summed E-state index contributed by atoms with van der Waals surface area (Å²) in [6, 6.07) is -0.0286. The van der Waals surface area contributed by atoms with E-state index < -0.39 is 19.9 Å². The molecule has 0 aliphatic rings. The van der Waals surface area contributed by atoms with Crippen LogP contribution in [0.25, 0.3) is 0 Å². The standard InChI is InChI=1S/C13H30N4O4S2.HI/c1-6-17(23(5,20)21)10-7-9-15-13(14-3)16-12(2)8-11-22(4,18)19;/h12H,6-11H2,1-5H3,(H2,14,15,16);1H. The van der Waals surface area contributed by atoms with Crippen LogP contribution >= 0.6 is 24.0 Å². The molecule has 0 aromatic heterocycles. The van der Waals surface area contributed by atoms with Crippen LogP contribution in [0.3, 0.4) is 0 Å². The van der Waals surface area contributed by atoms with Crippen LogP contribution in [0.2, 0.25) is 0 Å². The van der Waals surface area contributed by atoms with Crippen molar-refractivity contribution in [2.24, 2.45) is 4.99 Å². The van der Waals surface area contributed by atoms with Crippen molar-refractivity contribution in [3.63, 3.8) is 0 Å². The van der Waals surface area contributed by atoms with E-state index in [1.54, 1.807) is 14.0 Å². The highest BCUT2D eigenvalue weighted by atomic mass is 127. The Morgan fingerprint density at radius 2 is 1.79 bits per heavy atom. The summed E-state index contributed by atoms with van der Waals surface area (Å²) < 4.78 is 46.6. The lowest BCUT2D eigenvalue weighted by molar-refractivity contribution is 0.424. The third-order valence-electron chi connectivity index (χ3n) is 3.23. The van der Waals surface area contributed by atoms with Gasteiger partial charge < -0.3 is 10.6 Å². The fourth-order valence-electron chi connectivity index (χ4n) is 1.91. The number of aliphatic imine (C=N–C) groups is 1. The zero-order chi connectivity index (χ0) is 18.1. The van der Waals surface area contributed by atoms with E-state index in [1.807, 2.05) is 6.92 Å². The number of hydrogen-bond acceptors (Lipinski definition) is 5. The molecule has 146 valence electrons. The van der Waals surface area contributed by atoms with Gasteiger partial charge in [-0.3, -0.25) is 4.99 Å². The minimum absolute atomic E-state index is 0. The van der Waals surface area contributed by atoms with Gasteiger partial charge in [0.05, 0.1) is 12.0 Å². The number of nitrogens with one attached hydrogen (secondary N) is 2. The van der Waals surface area contributed by atoms with Crippen LogP contribution in [0.1, 0.15) is 26.7 Å². The van der Waals surface area contributed by atoms with Crippen molar-refractivity contribution in [2.45, 2.75) is 32.7 Å². The third-order valence-corrected chi connectivity index (χ3v) is 5.58. The molecule has 0 saturated heterocycles. The van der Waals surface area contributed by atoms with E-state index >= 15 is 0 Å². The second kappa shape index (κ2) is 12.3. The number of rotatable bonds is 10. The molecule has 0 aliphatic heterocycles. The Morgan fingerprint density at radius 3 is 2.21 bits per heavy atom. The smallest absolute Gasteiger partial charge is 0.211 e. The average molecular weight is 498 g/mol. The molecule has 0 bridgehead atoms. The van der Waals surface area contributed by atoms with Gasteiger partial charge in [0.15, 0.2) is 5.96 Å². The summed E-state index contributed by atoms with van der Waals surface area (Å²) in [6.07, 6.45) is 3.57. The average Bonchev–Trinajstić information content (AvgIpc) is 2.41. The Hall–Kier alpha value is -0.140. The summed E-state index contributed by atoms with van der Waals surface area (Å²) in [5.74, 6) is 0.700. The summed E-state index contributed by atoms with van der Waals surface area (Å²) in [7, 11) is -4.50. The van der Waals surface area contributed by atoms with Crippen LogP contribution in [0, 0.1) is 0 Å². The summed E-state index contributed by atoms with van der Waals surface area (Å²) >= 11 is 0. The predicted molar refractivity (Wildman–Crippen MR) is 110 cm³/mol. The number of sulfone groups is 1. The molecule has 11 heteroatoms. The van der Waals surface area contributed by atoms with Gasteiger partial charge in [0.25, 0.3) is 0 Å². The quantitative estimate of drug-likeness (QED) is 0.194. The fourth-order valence-corrected chi connectivity index (χ4v) is 3.62. The Morgan fingerprint density at radius 1 is 1.21 bits per heavy atom. The summed E-state index contributed by atoms with van der Waals surface area (Å²) in [6.45, 7) is 5.17. The van der Waals surface area contributed by atoms with Crippen molar-refractivity contribution in [1.29, 1.82) is 0 Å². The van der Waals surface area contributed by atoms with Gasteiger partial charge in [-0.05, 0) is 19.8 Å². The minimum atomic E-state index is -3.16. The van der Waals surface area contributed by atoms with Crippen molar-refractivity contribution in [1.82, 2.24) is 14.9 Å². The molecule has 24 heavy (non-hydrogen) atoms. The van der Waals surface area contributed by atoms with Crippen molar-refractivity contribution >= 4 is 49.8 Å². The maximum absolute atomic E-state index is 11.5. The van der Waals surface area contributed by atoms with E-state index in [0.717, 1.165) is 0 Å². The van der Waals surface area contributed by atoms with E-state index in [4.69, 9.17) is 0 Å². The topological polar surface area (TPSA) is 108 Å². The van der Waals surface area contributed by atoms with Gasteiger partial charge in [-0.25, -0.2) is 21.1 Å². The summed E-state index contributed by atoms with van der Waals surface area (Å²) in [5.41, 5.74) is 0. The van der Waals surface area contributed by atoms with Crippen LogP contribution in [-0.4, -0.2) is 78.1 Å². The van der Waals surface area contributed by atoms with E-state index in [0.29, 0.717) is 38.4 Å². The maximum atomic E-state index is 11.5. The molecule has 0 amide bonds. The highest BCUT2D eigenvalue weighted by Gasteiger charge is 2.13. The third kappa shape index (κ3) is 13.2. The molecule has 1 unspecified atom stereocenters. The molecule has 0 fully saturated rings. The van der Waals surface area contributed by atoms with Crippen molar-refractivity contribution in [3.8, 4) is 0 Å². The second-order valence-corrected chi connectivity index (χ2v) is 9.81. The van der Waals surface area contributed by atoms with Crippen LogP contribution in [0.4, 0.5) is 0 Å². The zero-order valence-corrected chi connectivity index (χ0v) is 19.0. The summed E-state index contributed by atoms with van der Waals surface area (Å²) in [4.78, 5) is 4.07. The van der Waals surface area contributed by atoms with Crippen LogP contribution in [0.15, 0.2) is 4.99 Å². The summed E-state index contributed by atoms with van der Waals surface area (Å²) in [5, 5.41) is 6.21. The predicted octanol–water partition coefficient (Wildman–Crippen LogP) is 0.264. The first-order valence-electron chi connectivity index (χ1n) is 7.59. The van der Waals surface area contributed by atoms with Gasteiger partial charge in [-0.1, -0.05) is 6.92 Å². The maximum Gasteiger partial charge on any atom is 0.211 e. The molecule has 0 rings (SSSR count). The molecule has 2 N–H and O–H groups in total. The highest BCUT2D eigenvalue weighted by molar-refractivity contribution is 14.0. The van der Waals surface area contributed by atoms with E-state index in [-0.39, 0.29) is 35.8 Å². The monoisotopic (exact) mass is 498 g/mol. The Kier molecular flexibility index (Phi) is 13.3. The normalized spacial score (nSPS) is 14.2. The molecule has 0 aromatic rings. The van der Waals surface area contributed by atoms with Crippen molar-refractivity contribution in [3.05, 3.63) is 0 Å². The first kappa shape index (κ1) is 26.1. The van der Waals surface area contributed by atoms with E-state index in [1.165, 1.54) is 16.8 Å². The van der Waals surface area contributed by atoms with Gasteiger partial charge in [0.1, 0.15) is 9.84 Å². The number of hydrogen-bond donors (Lipinski definition) is 2. The Labute approximate surface area is 163 Å². The molecule has 0 aliphatic carbocycles. The lowest BCUT2D eigenvalue weighted by Gasteiger charge is -2.20. The van der Waals surface area contributed by atoms with Crippen molar-refractivity contribution in [2.75, 3.05) is 44.9 Å². The molecule has 0 aromatic carbocycles. The van der Waals surface area contributed by atoms with Gasteiger partial charge in [0, 0.05) is 39.0 Å². The number of sulfonamides is 1. The van der Waals surface area contributed by atoms with Gasteiger partial charge >= 0.3 is 0 Å². The van der Waals surface area contributed by atoms with Gasteiger partial charge in [-0.15, -0.1) is 24.0 Å². The molecule has 0 radical (unpaired) electrons. The minimum Gasteiger partial charge on any atom is -0.356 e. The highest BCUT2D eigenvalue weighted by Crippen LogP contribution is 1.98. The zero-order valence-electron chi connectivity index (χ0n) is 15.1. The molecule has 0 saturated carbocycles. The first-order chi connectivity index (χ1) is 10.5. The number of nitrogens with zero attached hydrogens (tertiary/aromatic N) is 2. The molecule has 0 spiro atoms. The molecule has 8 nitrogen and oxygen atoms in total. The van der Waals surface area contributed by atoms with Gasteiger partial charge in [0.2, 0.25) is 10.0 Å². The molecule has 1 atom stereocenters. The van der Waals surface area contributed by atoms with Crippen molar-refractivity contribution < 1.29 is 16.8 Å². The Bertz CT molecular complexity index is 579. The molecular weight excluding hydrogens is 467 g/mol. The lowest BCUT2D eigenvalue weighted by atomic mass is 10.3. The van der Waals surface area contributed by atoms with Gasteiger partial charge in [-0.2, -0.15) is 0 Å². The lowest BCUT2D eigenvalue weighted by Crippen LogP contribution is -2.43. The van der Waals surface area contributed by atoms with Crippen LogP contribution < -0.4 is 10.6 Å². The second-order valence-electron chi connectivity index (χ2n) is 5.57. The largest absolute Gasteiger partial charge is 0.356 e. The first-order valence-corrected chi connectivity index (χ1v) is 11.5.